The molecule has 4 nitrogen and oxygen atoms in total. The minimum Gasteiger partial charge on any atom is -0.374 e. The van der Waals surface area contributed by atoms with Crippen molar-refractivity contribution in [3.05, 3.63) is 65.4 Å². The van der Waals surface area contributed by atoms with Gasteiger partial charge in [0.1, 0.15) is 0 Å². The molecule has 0 radical (unpaired) electrons. The molecule has 0 aliphatic carbocycles. The molecular formula is C28H36N4. The monoisotopic (exact) mass is 428 g/mol. The summed E-state index contributed by atoms with van der Waals surface area (Å²) in [6.45, 7) is 9.26. The van der Waals surface area contributed by atoms with Crippen molar-refractivity contribution in [2.24, 2.45) is 0 Å². The lowest BCUT2D eigenvalue weighted by atomic mass is 10.0. The van der Waals surface area contributed by atoms with Gasteiger partial charge in [0.05, 0.1) is 12.2 Å². The van der Waals surface area contributed by atoms with Gasteiger partial charge >= 0.3 is 0 Å². The molecule has 0 saturated carbocycles. The Morgan fingerprint density at radius 1 is 1.03 bits per heavy atom. The van der Waals surface area contributed by atoms with Crippen LogP contribution in [-0.4, -0.2) is 54.1 Å². The van der Waals surface area contributed by atoms with E-state index in [-0.39, 0.29) is 0 Å². The third-order valence-electron chi connectivity index (χ3n) is 6.62. The van der Waals surface area contributed by atoms with Crippen LogP contribution in [0.3, 0.4) is 0 Å². The molecule has 0 bridgehead atoms. The van der Waals surface area contributed by atoms with Gasteiger partial charge in [-0.15, -0.1) is 0 Å². The number of piperidine rings is 1. The number of likely N-dealkylation sites (tertiary alicyclic amines) is 1. The quantitative estimate of drug-likeness (QED) is 0.562. The van der Waals surface area contributed by atoms with E-state index in [2.05, 4.69) is 108 Å². The van der Waals surface area contributed by atoms with Crippen LogP contribution in [0, 0.1) is 18.8 Å². The fraction of sp³-hybridized carbons (Fsp3) is 0.429. The molecule has 1 N–H and O–H groups in total. The third kappa shape index (κ3) is 5.35. The normalized spacial score (nSPS) is 15.2. The number of rotatable bonds is 6. The van der Waals surface area contributed by atoms with E-state index in [1.807, 2.05) is 0 Å². The second-order valence-corrected chi connectivity index (χ2v) is 9.16. The van der Waals surface area contributed by atoms with Crippen molar-refractivity contribution in [1.82, 2.24) is 14.4 Å². The molecule has 1 aromatic heterocycles. The largest absolute Gasteiger partial charge is 0.374 e. The number of hydrogen-bond donors (Lipinski definition) is 1. The first-order chi connectivity index (χ1) is 15.5. The number of aromatic nitrogens is 1. The zero-order valence-corrected chi connectivity index (χ0v) is 20.0. The van der Waals surface area contributed by atoms with Gasteiger partial charge in [-0.2, -0.15) is 0 Å². The number of hydrogen-bond acceptors (Lipinski definition) is 3. The standard InChI is InChI=1S/C28H36N4/c1-5-32-27(7-6-16-29-25-11-8-22(2)9-12-25)20-24-19-23(10-13-28(24)32)21-31-17-14-26(15-18-31)30(3)4/h8-13,19-20,26,29H,5,14-18,21H2,1-4H3. The Bertz CT molecular complexity index is 1090. The maximum absolute atomic E-state index is 3.39. The highest BCUT2D eigenvalue weighted by molar-refractivity contribution is 5.83. The summed E-state index contributed by atoms with van der Waals surface area (Å²) in [5, 5.41) is 4.68. The van der Waals surface area contributed by atoms with Crippen molar-refractivity contribution in [2.45, 2.75) is 45.8 Å². The predicted octanol–water partition coefficient (Wildman–Crippen LogP) is 4.96. The van der Waals surface area contributed by atoms with Crippen LogP contribution in [0.25, 0.3) is 10.9 Å². The van der Waals surface area contributed by atoms with Crippen LogP contribution in [-0.2, 0) is 13.1 Å². The summed E-state index contributed by atoms with van der Waals surface area (Å²) >= 11 is 0. The van der Waals surface area contributed by atoms with Gasteiger partial charge in [0.15, 0.2) is 0 Å². The third-order valence-corrected chi connectivity index (χ3v) is 6.62. The van der Waals surface area contributed by atoms with E-state index in [1.165, 1.54) is 48.0 Å². The Morgan fingerprint density at radius 3 is 2.47 bits per heavy atom. The predicted molar refractivity (Wildman–Crippen MR) is 136 cm³/mol. The van der Waals surface area contributed by atoms with Crippen molar-refractivity contribution in [3.63, 3.8) is 0 Å². The van der Waals surface area contributed by atoms with Gasteiger partial charge < -0.3 is 14.8 Å². The van der Waals surface area contributed by atoms with E-state index >= 15 is 0 Å². The summed E-state index contributed by atoms with van der Waals surface area (Å²) in [6, 6.07) is 18.3. The average molecular weight is 429 g/mol. The highest BCUT2D eigenvalue weighted by Crippen LogP contribution is 2.23. The fourth-order valence-electron chi connectivity index (χ4n) is 4.67. The molecule has 0 spiro atoms. The molecule has 1 fully saturated rings. The van der Waals surface area contributed by atoms with Gasteiger partial charge in [0.2, 0.25) is 0 Å². The molecule has 0 unspecified atom stereocenters. The lowest BCUT2D eigenvalue weighted by Gasteiger charge is -2.35. The molecule has 32 heavy (non-hydrogen) atoms. The number of fused-ring (bicyclic) bond motifs is 1. The molecule has 0 atom stereocenters. The highest BCUT2D eigenvalue weighted by Gasteiger charge is 2.20. The molecule has 0 amide bonds. The Labute approximate surface area is 193 Å². The second kappa shape index (κ2) is 10.3. The van der Waals surface area contributed by atoms with Gasteiger partial charge in [-0.25, -0.2) is 0 Å². The molecule has 168 valence electrons. The molecule has 4 heteroatoms. The van der Waals surface area contributed by atoms with Gasteiger partial charge in [0, 0.05) is 35.7 Å². The lowest BCUT2D eigenvalue weighted by Crippen LogP contribution is -2.41. The molecule has 1 saturated heterocycles. The summed E-state index contributed by atoms with van der Waals surface area (Å²) in [6.07, 6.45) is 2.52. The number of nitrogens with one attached hydrogen (secondary N) is 1. The van der Waals surface area contributed by atoms with Gasteiger partial charge in [-0.1, -0.05) is 29.7 Å². The molecule has 1 aliphatic heterocycles. The van der Waals surface area contributed by atoms with Crippen LogP contribution in [0.4, 0.5) is 5.69 Å². The van der Waals surface area contributed by atoms with Crippen LogP contribution in [0.15, 0.2) is 48.5 Å². The summed E-state index contributed by atoms with van der Waals surface area (Å²) < 4.78 is 2.32. The summed E-state index contributed by atoms with van der Waals surface area (Å²) in [7, 11) is 4.40. The van der Waals surface area contributed by atoms with Crippen molar-refractivity contribution in [1.29, 1.82) is 0 Å². The van der Waals surface area contributed by atoms with Crippen molar-refractivity contribution < 1.29 is 0 Å². The first-order valence-corrected chi connectivity index (χ1v) is 11.8. The Morgan fingerprint density at radius 2 is 1.78 bits per heavy atom. The van der Waals surface area contributed by atoms with Gasteiger partial charge in [-0.05, 0) is 95.7 Å². The molecule has 4 rings (SSSR count). The van der Waals surface area contributed by atoms with Crippen LogP contribution in [0.5, 0.6) is 0 Å². The highest BCUT2D eigenvalue weighted by atomic mass is 15.2. The van der Waals surface area contributed by atoms with Crippen molar-refractivity contribution in [2.75, 3.05) is 39.0 Å². The number of nitrogens with zero attached hydrogens (tertiary/aromatic N) is 3. The Hall–Kier alpha value is -2.74. The maximum Gasteiger partial charge on any atom is 0.0931 e. The molecular weight excluding hydrogens is 392 g/mol. The van der Waals surface area contributed by atoms with Crippen molar-refractivity contribution in [3.8, 4) is 11.8 Å². The molecule has 3 aromatic rings. The second-order valence-electron chi connectivity index (χ2n) is 9.16. The summed E-state index contributed by atoms with van der Waals surface area (Å²) in [5.41, 5.74) is 6.15. The fourth-order valence-corrected chi connectivity index (χ4v) is 4.67. The van der Waals surface area contributed by atoms with E-state index in [0.29, 0.717) is 6.54 Å². The van der Waals surface area contributed by atoms with Crippen LogP contribution in [0.2, 0.25) is 0 Å². The van der Waals surface area contributed by atoms with Crippen LogP contribution >= 0.6 is 0 Å². The summed E-state index contributed by atoms with van der Waals surface area (Å²) in [5.74, 6) is 6.69. The molecule has 2 aromatic carbocycles. The van der Waals surface area contributed by atoms with Gasteiger partial charge in [0.25, 0.3) is 0 Å². The molecule has 2 heterocycles. The first-order valence-electron chi connectivity index (χ1n) is 11.8. The minimum atomic E-state index is 0.641. The maximum atomic E-state index is 3.39. The lowest BCUT2D eigenvalue weighted by molar-refractivity contribution is 0.140. The first kappa shape index (κ1) is 22.5. The topological polar surface area (TPSA) is 23.4 Å². The smallest absolute Gasteiger partial charge is 0.0931 e. The zero-order chi connectivity index (χ0) is 22.5. The minimum absolute atomic E-state index is 0.641. The van der Waals surface area contributed by atoms with E-state index in [4.69, 9.17) is 0 Å². The van der Waals surface area contributed by atoms with Gasteiger partial charge in [-0.3, -0.25) is 4.90 Å². The number of benzene rings is 2. The summed E-state index contributed by atoms with van der Waals surface area (Å²) in [4.78, 5) is 4.96. The number of aryl methyl sites for hydroxylation is 2. The van der Waals surface area contributed by atoms with Crippen LogP contribution < -0.4 is 5.32 Å². The van der Waals surface area contributed by atoms with E-state index in [0.717, 1.165) is 30.5 Å². The Kier molecular flexibility index (Phi) is 7.19. The van der Waals surface area contributed by atoms with Crippen LogP contribution in [0.1, 0.15) is 36.6 Å². The van der Waals surface area contributed by atoms with Crippen molar-refractivity contribution >= 4 is 16.6 Å². The zero-order valence-electron chi connectivity index (χ0n) is 20.0. The Balaban J connectivity index is 1.43. The van der Waals surface area contributed by atoms with E-state index in [1.54, 1.807) is 0 Å². The average Bonchev–Trinajstić information content (AvgIpc) is 3.15. The SMILES string of the molecule is CCn1c(C#CCNc2ccc(C)cc2)cc2cc(CN3CCC(N(C)C)CC3)ccc21. The van der Waals surface area contributed by atoms with E-state index < -0.39 is 0 Å². The van der Waals surface area contributed by atoms with E-state index in [9.17, 15) is 0 Å². The number of anilines is 1. The molecule has 1 aliphatic rings.